The minimum atomic E-state index is -3.74. The van der Waals surface area contributed by atoms with Gasteiger partial charge in [0.05, 0.1) is 30.9 Å². The fourth-order valence-electron chi connectivity index (χ4n) is 3.55. The third kappa shape index (κ3) is 3.77. The molecule has 1 atom stereocenters. The highest BCUT2D eigenvalue weighted by Gasteiger charge is 2.30. The third-order valence-electron chi connectivity index (χ3n) is 4.76. The van der Waals surface area contributed by atoms with Gasteiger partial charge in [-0.25, -0.2) is 31.9 Å². The van der Waals surface area contributed by atoms with E-state index in [9.17, 15) is 22.0 Å². The van der Waals surface area contributed by atoms with E-state index in [1.165, 1.54) is 29.1 Å². The van der Waals surface area contributed by atoms with Gasteiger partial charge in [0.15, 0.2) is 5.65 Å². The molecule has 0 unspecified atom stereocenters. The Bertz CT molecular complexity index is 1210. The lowest BCUT2D eigenvalue weighted by atomic mass is 10.0. The summed E-state index contributed by atoms with van der Waals surface area (Å²) in [4.78, 5) is 22.5. The summed E-state index contributed by atoms with van der Waals surface area (Å²) in [6.45, 7) is 0.568. The number of anilines is 1. The average molecular weight is 421 g/mol. The summed E-state index contributed by atoms with van der Waals surface area (Å²) in [5.74, 6) is -1.41. The molecule has 0 aliphatic carbocycles. The molecule has 1 aromatic carbocycles. The Morgan fingerprint density at radius 1 is 1.24 bits per heavy atom. The lowest BCUT2D eigenvalue weighted by Gasteiger charge is -2.26. The number of fused-ring (bicyclic) bond motifs is 1. The van der Waals surface area contributed by atoms with Gasteiger partial charge in [-0.2, -0.15) is 0 Å². The van der Waals surface area contributed by atoms with E-state index in [-0.39, 0.29) is 11.3 Å². The van der Waals surface area contributed by atoms with Crippen LogP contribution in [-0.2, 0) is 10.0 Å². The molecule has 11 heteroatoms. The molecule has 1 saturated heterocycles. The molecule has 0 bridgehead atoms. The van der Waals surface area contributed by atoms with Crippen LogP contribution in [0.1, 0.15) is 34.9 Å². The molecular formula is C18H17F2N5O3S. The number of halogens is 2. The van der Waals surface area contributed by atoms with Crippen molar-refractivity contribution in [3.63, 3.8) is 0 Å². The summed E-state index contributed by atoms with van der Waals surface area (Å²) < 4.78 is 54.0. The van der Waals surface area contributed by atoms with Gasteiger partial charge in [-0.1, -0.05) is 0 Å². The van der Waals surface area contributed by atoms with Gasteiger partial charge in [-0.05, 0) is 31.0 Å². The summed E-state index contributed by atoms with van der Waals surface area (Å²) in [6.07, 6.45) is 6.47. The number of carbonyl (C=O) groups excluding carboxylic acids is 1. The number of imidazole rings is 1. The second-order valence-electron chi connectivity index (χ2n) is 6.84. The summed E-state index contributed by atoms with van der Waals surface area (Å²) in [5.41, 5.74) is 0.604. The maximum atomic E-state index is 14.3. The van der Waals surface area contributed by atoms with Gasteiger partial charge < -0.3 is 4.90 Å². The smallest absolute Gasteiger partial charge is 0.283 e. The molecule has 1 aliphatic heterocycles. The van der Waals surface area contributed by atoms with Crippen molar-refractivity contribution in [1.82, 2.24) is 19.1 Å². The number of nitrogens with zero attached hydrogens (tertiary/aromatic N) is 4. The van der Waals surface area contributed by atoms with Crippen LogP contribution in [0, 0.1) is 11.6 Å². The maximum absolute atomic E-state index is 14.3. The highest BCUT2D eigenvalue weighted by molar-refractivity contribution is 7.89. The first-order chi connectivity index (χ1) is 13.7. The number of nitrogens with one attached hydrogen (secondary N) is 1. The monoisotopic (exact) mass is 421 g/mol. The topological polar surface area (TPSA) is 96.7 Å². The zero-order valence-corrected chi connectivity index (χ0v) is 16.2. The van der Waals surface area contributed by atoms with Gasteiger partial charge in [0.1, 0.15) is 23.1 Å². The normalized spacial score (nSPS) is 17.1. The van der Waals surface area contributed by atoms with Crippen molar-refractivity contribution in [2.75, 3.05) is 17.7 Å². The largest absolute Gasteiger partial charge is 0.348 e. The molecule has 1 N–H and O–H groups in total. The number of sulfonamides is 1. The summed E-state index contributed by atoms with van der Waals surface area (Å²) >= 11 is 0. The molecule has 1 amide bonds. The lowest BCUT2D eigenvalue weighted by Crippen LogP contribution is -2.30. The number of carbonyl (C=O) groups is 1. The number of hydrogen-bond donors (Lipinski definition) is 1. The van der Waals surface area contributed by atoms with E-state index in [4.69, 9.17) is 0 Å². The molecular weight excluding hydrogens is 404 g/mol. The number of aromatic nitrogens is 3. The van der Waals surface area contributed by atoms with Crippen LogP contribution in [0.4, 0.5) is 14.6 Å². The number of hydrogen-bond acceptors (Lipinski definition) is 6. The van der Waals surface area contributed by atoms with Crippen molar-refractivity contribution in [1.29, 1.82) is 0 Å². The van der Waals surface area contributed by atoms with Gasteiger partial charge in [-0.3, -0.25) is 9.20 Å². The molecule has 152 valence electrons. The maximum Gasteiger partial charge on any atom is 0.283 e. The van der Waals surface area contributed by atoms with E-state index < -0.39 is 33.6 Å². The van der Waals surface area contributed by atoms with Crippen molar-refractivity contribution in [3.8, 4) is 0 Å². The summed E-state index contributed by atoms with van der Waals surface area (Å²) in [7, 11) is -3.74. The molecule has 8 nitrogen and oxygen atoms in total. The molecule has 3 aromatic rings. The van der Waals surface area contributed by atoms with E-state index >= 15 is 0 Å². The predicted octanol–water partition coefficient (Wildman–Crippen LogP) is 2.04. The van der Waals surface area contributed by atoms with E-state index in [0.29, 0.717) is 24.4 Å². The van der Waals surface area contributed by atoms with E-state index in [1.54, 1.807) is 0 Å². The first-order valence-corrected chi connectivity index (χ1v) is 10.7. The first kappa shape index (κ1) is 19.2. The predicted molar refractivity (Wildman–Crippen MR) is 101 cm³/mol. The molecule has 0 radical (unpaired) electrons. The number of rotatable bonds is 4. The number of amides is 1. The van der Waals surface area contributed by atoms with E-state index in [1.807, 2.05) is 9.62 Å². The second-order valence-corrected chi connectivity index (χ2v) is 8.59. The zero-order valence-electron chi connectivity index (χ0n) is 15.3. The molecule has 1 fully saturated rings. The van der Waals surface area contributed by atoms with Crippen LogP contribution in [-0.4, -0.2) is 41.5 Å². The molecule has 0 spiro atoms. The van der Waals surface area contributed by atoms with Gasteiger partial charge in [0.25, 0.3) is 5.91 Å². The Kier molecular flexibility index (Phi) is 4.69. The van der Waals surface area contributed by atoms with Gasteiger partial charge in [-0.15, -0.1) is 0 Å². The Labute approximate surface area is 165 Å². The third-order valence-corrected chi connectivity index (χ3v) is 5.31. The van der Waals surface area contributed by atoms with E-state index in [2.05, 4.69) is 9.97 Å². The molecule has 3 heterocycles. The molecule has 29 heavy (non-hydrogen) atoms. The van der Waals surface area contributed by atoms with Crippen LogP contribution in [0.3, 0.4) is 0 Å². The lowest BCUT2D eigenvalue weighted by molar-refractivity contribution is 0.0976. The van der Waals surface area contributed by atoms with Gasteiger partial charge >= 0.3 is 0 Å². The highest BCUT2D eigenvalue weighted by Crippen LogP contribution is 2.36. The quantitative estimate of drug-likeness (QED) is 0.693. The van der Waals surface area contributed by atoms with Crippen molar-refractivity contribution in [2.45, 2.75) is 18.9 Å². The molecule has 1 aliphatic rings. The van der Waals surface area contributed by atoms with Crippen molar-refractivity contribution < 1.29 is 22.0 Å². The molecule has 2 aromatic heterocycles. The minimum absolute atomic E-state index is 0.0155. The van der Waals surface area contributed by atoms with Gasteiger partial charge in [0, 0.05) is 12.1 Å². The van der Waals surface area contributed by atoms with Crippen LogP contribution in [0.25, 0.3) is 5.65 Å². The SMILES string of the molecule is CS(=O)(=O)NC(=O)c1cnc2cnc(N3CCC[C@@H]3c3cc(F)ccc3F)cn12. The van der Waals surface area contributed by atoms with Crippen LogP contribution >= 0.6 is 0 Å². The van der Waals surface area contributed by atoms with Crippen molar-refractivity contribution >= 4 is 27.4 Å². The van der Waals surface area contributed by atoms with E-state index in [0.717, 1.165) is 24.8 Å². The Balaban J connectivity index is 1.73. The fourth-order valence-corrected chi connectivity index (χ4v) is 3.99. The minimum Gasteiger partial charge on any atom is -0.348 e. The highest BCUT2D eigenvalue weighted by atomic mass is 32.2. The fraction of sp³-hybridized carbons (Fsp3) is 0.278. The zero-order chi connectivity index (χ0) is 20.8. The first-order valence-electron chi connectivity index (χ1n) is 8.80. The van der Waals surface area contributed by atoms with Crippen molar-refractivity contribution in [2.24, 2.45) is 0 Å². The Morgan fingerprint density at radius 3 is 2.79 bits per heavy atom. The van der Waals surface area contributed by atoms with Gasteiger partial charge in [0.2, 0.25) is 10.0 Å². The Morgan fingerprint density at radius 2 is 2.03 bits per heavy atom. The summed E-state index contributed by atoms with van der Waals surface area (Å²) in [6, 6.07) is 2.94. The standard InChI is InChI=1S/C18H17F2N5O3S/c1-29(27,28)23-18(26)15-8-21-16-9-22-17(10-25(15)16)24-6-2-3-14(24)12-7-11(19)4-5-13(12)20/h4-5,7-10,14H,2-3,6H2,1H3,(H,23,26)/t14-/m1/s1. The number of benzene rings is 1. The van der Waals surface area contributed by atoms with Crippen LogP contribution in [0.5, 0.6) is 0 Å². The molecule has 4 rings (SSSR count). The Hall–Kier alpha value is -3.08. The second kappa shape index (κ2) is 7.07. The molecule has 0 saturated carbocycles. The van der Waals surface area contributed by atoms with Crippen LogP contribution in [0.2, 0.25) is 0 Å². The van der Waals surface area contributed by atoms with Crippen LogP contribution < -0.4 is 9.62 Å². The summed E-state index contributed by atoms with van der Waals surface area (Å²) in [5, 5.41) is 0. The average Bonchev–Trinajstić information content (AvgIpc) is 3.28. The van der Waals surface area contributed by atoms with Crippen molar-refractivity contribution in [3.05, 3.63) is 59.7 Å². The van der Waals surface area contributed by atoms with Crippen LogP contribution in [0.15, 0.2) is 36.8 Å².